The molecule has 9 heteroatoms. The normalized spacial score (nSPS) is 10.8. The van der Waals surface area contributed by atoms with E-state index < -0.39 is 18.8 Å². The van der Waals surface area contributed by atoms with Crippen LogP contribution in [0.2, 0.25) is 0 Å². The van der Waals surface area contributed by atoms with Crippen LogP contribution >= 0.6 is 0 Å². The number of benzene rings is 1. The largest absolute Gasteiger partial charge is 0.483 e. The molecular formula is C15H18F3N3O3. The minimum absolute atomic E-state index is 0.0981. The first-order valence-electron chi connectivity index (χ1n) is 7.01. The second-order valence-corrected chi connectivity index (χ2v) is 4.92. The van der Waals surface area contributed by atoms with E-state index in [1.807, 2.05) is 0 Å². The molecule has 2 amide bonds. The number of amides is 2. The summed E-state index contributed by atoms with van der Waals surface area (Å²) in [6.07, 6.45) is -3.83. The van der Waals surface area contributed by atoms with E-state index in [9.17, 15) is 18.0 Å². The molecule has 0 saturated heterocycles. The maximum atomic E-state index is 12.2. The zero-order valence-electron chi connectivity index (χ0n) is 13.3. The summed E-state index contributed by atoms with van der Waals surface area (Å²) in [5, 5.41) is 11.6. The summed E-state index contributed by atoms with van der Waals surface area (Å²) >= 11 is 0. The number of methoxy groups -OCH3 is 1. The van der Waals surface area contributed by atoms with Crippen molar-refractivity contribution in [1.29, 1.82) is 5.26 Å². The topological polar surface area (TPSA) is 74.6 Å². The Kier molecular flexibility index (Phi) is 7.32. The maximum Gasteiger partial charge on any atom is 0.422 e. The lowest BCUT2D eigenvalue weighted by atomic mass is 10.2. The molecule has 1 rings (SSSR count). The lowest BCUT2D eigenvalue weighted by molar-refractivity contribution is -0.153. The number of hydrogen-bond acceptors (Lipinski definition) is 4. The highest BCUT2D eigenvalue weighted by Crippen LogP contribution is 2.25. The average Bonchev–Trinajstić information content (AvgIpc) is 2.52. The van der Waals surface area contributed by atoms with Crippen molar-refractivity contribution in [3.63, 3.8) is 0 Å². The third kappa shape index (κ3) is 6.75. The first-order valence-corrected chi connectivity index (χ1v) is 7.01. The molecule has 0 fully saturated rings. The third-order valence-electron chi connectivity index (χ3n) is 2.93. The molecule has 1 aromatic carbocycles. The van der Waals surface area contributed by atoms with Gasteiger partial charge in [0.05, 0.1) is 5.56 Å². The predicted octanol–water partition coefficient (Wildman–Crippen LogP) is 3.00. The monoisotopic (exact) mass is 345 g/mol. The zero-order chi connectivity index (χ0) is 18.2. The Morgan fingerprint density at radius 2 is 2.12 bits per heavy atom. The van der Waals surface area contributed by atoms with Crippen molar-refractivity contribution >= 4 is 11.7 Å². The predicted molar refractivity (Wildman–Crippen MR) is 80.8 cm³/mol. The molecule has 0 aliphatic rings. The number of ether oxygens (including phenoxy) is 2. The van der Waals surface area contributed by atoms with E-state index in [0.29, 0.717) is 19.6 Å². The number of hydrogen-bond donors (Lipinski definition) is 1. The van der Waals surface area contributed by atoms with Crippen LogP contribution in [-0.4, -0.2) is 51.0 Å². The highest BCUT2D eigenvalue weighted by atomic mass is 19.4. The van der Waals surface area contributed by atoms with Crippen LogP contribution in [-0.2, 0) is 4.74 Å². The molecular weight excluding hydrogens is 327 g/mol. The third-order valence-corrected chi connectivity index (χ3v) is 2.93. The van der Waals surface area contributed by atoms with Crippen molar-refractivity contribution in [1.82, 2.24) is 4.90 Å². The number of carbonyl (C=O) groups excluding carboxylic acids is 1. The van der Waals surface area contributed by atoms with E-state index in [0.717, 1.165) is 0 Å². The number of urea groups is 1. The van der Waals surface area contributed by atoms with Crippen molar-refractivity contribution in [3.05, 3.63) is 23.8 Å². The van der Waals surface area contributed by atoms with Gasteiger partial charge in [-0.25, -0.2) is 4.79 Å². The standard InChI is InChI=1S/C15H18F3N3O3/c1-21(6-3-7-23-2)14(22)20-12-4-5-13(11(8-12)9-19)24-10-15(16,17)18/h4-5,8H,3,6-7,10H2,1-2H3,(H,20,22). The Hall–Kier alpha value is -2.47. The summed E-state index contributed by atoms with van der Waals surface area (Å²) < 4.78 is 46.0. The molecule has 0 aliphatic carbocycles. The summed E-state index contributed by atoms with van der Waals surface area (Å²) in [6, 6.07) is 5.18. The Balaban J connectivity index is 2.70. The first-order chi connectivity index (χ1) is 11.3. The van der Waals surface area contributed by atoms with Gasteiger partial charge in [0.15, 0.2) is 6.61 Å². The number of carbonyl (C=O) groups is 1. The number of halogens is 3. The molecule has 1 N–H and O–H groups in total. The van der Waals surface area contributed by atoms with E-state index in [-0.39, 0.29) is 17.0 Å². The average molecular weight is 345 g/mol. The smallest absolute Gasteiger partial charge is 0.422 e. The van der Waals surface area contributed by atoms with E-state index in [4.69, 9.17) is 10.00 Å². The highest BCUT2D eigenvalue weighted by molar-refractivity contribution is 5.89. The summed E-state index contributed by atoms with van der Waals surface area (Å²) in [7, 11) is 3.16. The highest BCUT2D eigenvalue weighted by Gasteiger charge is 2.28. The van der Waals surface area contributed by atoms with Gasteiger partial charge in [0, 0.05) is 33.0 Å². The molecule has 0 spiro atoms. The van der Waals surface area contributed by atoms with Crippen LogP contribution in [0.5, 0.6) is 5.75 Å². The summed E-state index contributed by atoms with van der Waals surface area (Å²) in [5.74, 6) is -0.193. The van der Waals surface area contributed by atoms with Gasteiger partial charge < -0.3 is 19.7 Å². The Morgan fingerprint density at radius 3 is 2.71 bits per heavy atom. The van der Waals surface area contributed by atoms with Crippen LogP contribution in [0.4, 0.5) is 23.7 Å². The van der Waals surface area contributed by atoms with E-state index >= 15 is 0 Å². The van der Waals surface area contributed by atoms with Crippen molar-refractivity contribution in [2.75, 3.05) is 39.2 Å². The molecule has 0 atom stereocenters. The van der Waals surface area contributed by atoms with Gasteiger partial charge in [-0.1, -0.05) is 0 Å². The molecule has 0 unspecified atom stereocenters. The Morgan fingerprint density at radius 1 is 1.42 bits per heavy atom. The fourth-order valence-corrected chi connectivity index (χ4v) is 1.75. The van der Waals surface area contributed by atoms with E-state index in [1.165, 1.54) is 23.1 Å². The van der Waals surface area contributed by atoms with Gasteiger partial charge in [-0.3, -0.25) is 0 Å². The first kappa shape index (κ1) is 19.6. The molecule has 0 radical (unpaired) electrons. The van der Waals surface area contributed by atoms with Crippen molar-refractivity contribution in [2.24, 2.45) is 0 Å². The number of nitrogens with one attached hydrogen (secondary N) is 1. The molecule has 0 saturated carbocycles. The number of nitrogens with zero attached hydrogens (tertiary/aromatic N) is 2. The van der Waals surface area contributed by atoms with Crippen LogP contribution in [0.25, 0.3) is 0 Å². The van der Waals surface area contributed by atoms with Gasteiger partial charge in [0.25, 0.3) is 0 Å². The van der Waals surface area contributed by atoms with Crippen LogP contribution in [0.3, 0.4) is 0 Å². The zero-order valence-corrected chi connectivity index (χ0v) is 13.3. The fourth-order valence-electron chi connectivity index (χ4n) is 1.75. The molecule has 0 heterocycles. The lowest BCUT2D eigenvalue weighted by Gasteiger charge is -2.18. The minimum atomic E-state index is -4.50. The van der Waals surface area contributed by atoms with Gasteiger partial charge in [-0.2, -0.15) is 18.4 Å². The Bertz CT molecular complexity index is 600. The minimum Gasteiger partial charge on any atom is -0.483 e. The van der Waals surface area contributed by atoms with E-state index in [2.05, 4.69) is 10.1 Å². The second-order valence-electron chi connectivity index (χ2n) is 4.92. The SMILES string of the molecule is COCCCN(C)C(=O)Nc1ccc(OCC(F)(F)F)c(C#N)c1. The van der Waals surface area contributed by atoms with Gasteiger partial charge in [0.1, 0.15) is 11.8 Å². The van der Waals surface area contributed by atoms with Gasteiger partial charge in [-0.15, -0.1) is 0 Å². The molecule has 1 aromatic rings. The molecule has 6 nitrogen and oxygen atoms in total. The summed E-state index contributed by atoms with van der Waals surface area (Å²) in [5.41, 5.74) is 0.189. The number of anilines is 1. The van der Waals surface area contributed by atoms with Crippen molar-refractivity contribution in [3.8, 4) is 11.8 Å². The summed E-state index contributed by atoms with van der Waals surface area (Å²) in [6.45, 7) is -0.505. The number of rotatable bonds is 7. The van der Waals surface area contributed by atoms with Gasteiger partial charge >= 0.3 is 12.2 Å². The molecule has 0 aliphatic heterocycles. The molecule has 132 valence electrons. The molecule has 24 heavy (non-hydrogen) atoms. The maximum absolute atomic E-state index is 12.2. The van der Waals surface area contributed by atoms with Crippen LogP contribution in [0.15, 0.2) is 18.2 Å². The van der Waals surface area contributed by atoms with Gasteiger partial charge in [-0.05, 0) is 24.6 Å². The van der Waals surface area contributed by atoms with Crippen LogP contribution < -0.4 is 10.1 Å². The second kappa shape index (κ2) is 8.98. The molecule has 0 aromatic heterocycles. The molecule has 0 bridgehead atoms. The van der Waals surface area contributed by atoms with E-state index in [1.54, 1.807) is 20.2 Å². The van der Waals surface area contributed by atoms with Crippen LogP contribution in [0, 0.1) is 11.3 Å². The van der Waals surface area contributed by atoms with Gasteiger partial charge in [0.2, 0.25) is 0 Å². The quantitative estimate of drug-likeness (QED) is 0.771. The number of nitriles is 1. The fraction of sp³-hybridized carbons (Fsp3) is 0.467. The summed E-state index contributed by atoms with van der Waals surface area (Å²) in [4.78, 5) is 13.4. The van der Waals surface area contributed by atoms with Crippen LogP contribution in [0.1, 0.15) is 12.0 Å². The Labute approximate surface area is 137 Å². The number of alkyl halides is 3. The lowest BCUT2D eigenvalue weighted by Crippen LogP contribution is -2.32. The van der Waals surface area contributed by atoms with Crippen molar-refractivity contribution in [2.45, 2.75) is 12.6 Å². The van der Waals surface area contributed by atoms with Crippen molar-refractivity contribution < 1.29 is 27.4 Å².